The van der Waals surface area contributed by atoms with Crippen LogP contribution >= 0.6 is 11.6 Å². The molecule has 0 aliphatic rings. The molecular formula is C13H15BClF3N2NaO8. The van der Waals surface area contributed by atoms with Crippen molar-refractivity contribution < 1.29 is 81.0 Å². The fourth-order valence-corrected chi connectivity index (χ4v) is 0.997. The Morgan fingerprint density at radius 1 is 1.07 bits per heavy atom. The number of nitrogens with zero attached hydrogens (tertiary/aromatic N) is 1. The molecule has 0 aliphatic carbocycles. The van der Waals surface area contributed by atoms with Gasteiger partial charge in [0.2, 0.25) is 0 Å². The first-order chi connectivity index (χ1) is 12.7. The number of alkyl halides is 3. The second-order valence-corrected chi connectivity index (χ2v) is 4.66. The predicted octanol–water partition coefficient (Wildman–Crippen LogP) is -1.38. The van der Waals surface area contributed by atoms with E-state index in [1.54, 1.807) is 18.3 Å². The quantitative estimate of drug-likeness (QED) is 0.413. The summed E-state index contributed by atoms with van der Waals surface area (Å²) in [7, 11) is -1.59. The molecule has 0 aromatic carbocycles. The third-order valence-electron chi connectivity index (χ3n) is 1.82. The van der Waals surface area contributed by atoms with Crippen LogP contribution in [0.3, 0.4) is 0 Å². The predicted molar refractivity (Wildman–Crippen MR) is 88.4 cm³/mol. The van der Waals surface area contributed by atoms with Crippen molar-refractivity contribution in [2.75, 3.05) is 5.73 Å². The van der Waals surface area contributed by atoms with E-state index in [0.29, 0.717) is 10.8 Å². The second-order valence-electron chi connectivity index (χ2n) is 4.30. The third-order valence-corrected chi connectivity index (χ3v) is 2.13. The second kappa shape index (κ2) is 15.8. The van der Waals surface area contributed by atoms with Crippen LogP contribution in [0.2, 0.25) is 5.15 Å². The van der Waals surface area contributed by atoms with Crippen LogP contribution in [0.25, 0.3) is 0 Å². The van der Waals surface area contributed by atoms with Crippen molar-refractivity contribution in [3.05, 3.63) is 23.5 Å². The van der Waals surface area contributed by atoms with Crippen molar-refractivity contribution >= 4 is 48.5 Å². The Labute approximate surface area is 190 Å². The number of hydrogen-bond acceptors (Lipinski definition) is 9. The van der Waals surface area contributed by atoms with Crippen molar-refractivity contribution in [3.8, 4) is 0 Å². The van der Waals surface area contributed by atoms with Crippen molar-refractivity contribution in [2.24, 2.45) is 0 Å². The fraction of sp³-hybridized carbons (Fsp3) is 0.308. The van der Waals surface area contributed by atoms with Crippen LogP contribution in [-0.2, 0) is 33.1 Å². The van der Waals surface area contributed by atoms with E-state index < -0.39 is 37.4 Å². The number of carboxylic acid groups (broad SMARTS) is 1. The van der Waals surface area contributed by atoms with E-state index in [0.717, 1.165) is 20.8 Å². The van der Waals surface area contributed by atoms with E-state index in [1.165, 1.54) is 0 Å². The monoisotopic (exact) mass is 453 g/mol. The number of pyridine rings is 1. The molecular weight excluding hydrogens is 438 g/mol. The number of nitrogens with two attached hydrogens (primary N) is 1. The molecule has 1 heterocycles. The van der Waals surface area contributed by atoms with Crippen LogP contribution in [0, 0.1) is 0 Å². The first-order valence-corrected chi connectivity index (χ1v) is 7.22. The van der Waals surface area contributed by atoms with Gasteiger partial charge in [0, 0.05) is 27.0 Å². The first-order valence-electron chi connectivity index (χ1n) is 6.84. The van der Waals surface area contributed by atoms with Gasteiger partial charge in [0.25, 0.3) is 17.9 Å². The van der Waals surface area contributed by atoms with Gasteiger partial charge in [0.1, 0.15) is 0 Å². The summed E-state index contributed by atoms with van der Waals surface area (Å²) in [5.41, 5.74) is 5.85. The molecule has 0 atom stereocenters. The summed E-state index contributed by atoms with van der Waals surface area (Å²) in [6.45, 7) is 3.29. The molecule has 29 heavy (non-hydrogen) atoms. The number of carboxylic acids is 1. The Morgan fingerprint density at radius 2 is 1.41 bits per heavy atom. The van der Waals surface area contributed by atoms with E-state index in [-0.39, 0.29) is 29.6 Å². The maximum absolute atomic E-state index is 10.6. The summed E-state index contributed by atoms with van der Waals surface area (Å²) in [6, 6.07) is 3.44. The number of hydrogen-bond donors (Lipinski definition) is 2. The zero-order chi connectivity index (χ0) is 22.5. The minimum absolute atomic E-state index is 0. The van der Waals surface area contributed by atoms with Gasteiger partial charge < -0.3 is 24.8 Å². The molecule has 10 nitrogen and oxygen atoms in total. The van der Waals surface area contributed by atoms with Gasteiger partial charge >= 0.3 is 49.0 Å². The SMILES string of the molecule is CC(=O)O[B-](OC(C)=O)OC(C)=O.Nc1cccnc1Cl.O=C(O)C(F)(F)F.[Na+]. The number of rotatable bonds is 3. The number of aromatic nitrogens is 1. The molecule has 0 fully saturated rings. The third kappa shape index (κ3) is 20.5. The average molecular weight is 454 g/mol. The van der Waals surface area contributed by atoms with Crippen molar-refractivity contribution in [1.82, 2.24) is 4.98 Å². The first kappa shape index (κ1) is 31.7. The van der Waals surface area contributed by atoms with Crippen molar-refractivity contribution in [1.29, 1.82) is 0 Å². The molecule has 3 N–H and O–H groups in total. The van der Waals surface area contributed by atoms with Crippen LogP contribution in [0.1, 0.15) is 20.8 Å². The van der Waals surface area contributed by atoms with Gasteiger partial charge in [-0.2, -0.15) is 13.2 Å². The summed E-state index contributed by atoms with van der Waals surface area (Å²) < 4.78 is 44.8. The molecule has 0 saturated carbocycles. The normalized spacial score (nSPS) is 9.38. The van der Waals surface area contributed by atoms with Gasteiger partial charge in [0.05, 0.1) is 5.69 Å². The fourth-order valence-electron chi connectivity index (χ4n) is 0.877. The number of carbonyl (C=O) groups excluding carboxylic acids is 3. The molecule has 0 bridgehead atoms. The Morgan fingerprint density at radius 3 is 1.59 bits per heavy atom. The molecule has 0 unspecified atom stereocenters. The molecule has 157 valence electrons. The van der Waals surface area contributed by atoms with Crippen LogP contribution in [0.15, 0.2) is 18.3 Å². The van der Waals surface area contributed by atoms with Crippen LogP contribution in [0.5, 0.6) is 0 Å². The average Bonchev–Trinajstić information content (AvgIpc) is 2.48. The van der Waals surface area contributed by atoms with Crippen LogP contribution < -0.4 is 35.3 Å². The molecule has 1 rings (SSSR count). The Hall–Kier alpha value is -2.03. The summed E-state index contributed by atoms with van der Waals surface area (Å²) in [5, 5.41) is 7.49. The zero-order valence-corrected chi connectivity index (χ0v) is 18.4. The topological polar surface area (TPSA) is 155 Å². The van der Waals surface area contributed by atoms with E-state index in [1.807, 2.05) is 0 Å². The van der Waals surface area contributed by atoms with Crippen LogP contribution in [0.4, 0.5) is 18.9 Å². The van der Waals surface area contributed by atoms with Gasteiger partial charge in [0.15, 0.2) is 5.15 Å². The molecule has 1 aromatic rings. The van der Waals surface area contributed by atoms with Gasteiger partial charge in [-0.3, -0.25) is 14.4 Å². The van der Waals surface area contributed by atoms with E-state index >= 15 is 0 Å². The van der Waals surface area contributed by atoms with E-state index in [9.17, 15) is 27.6 Å². The Bertz CT molecular complexity index is 637. The zero-order valence-electron chi connectivity index (χ0n) is 15.7. The maximum atomic E-state index is 10.6. The number of halogens is 4. The largest absolute Gasteiger partial charge is 1.00 e. The smallest absolute Gasteiger partial charge is 0.642 e. The molecule has 16 heteroatoms. The number of carbonyl (C=O) groups is 4. The van der Waals surface area contributed by atoms with Crippen LogP contribution in [-0.4, -0.2) is 47.5 Å². The molecule has 1 radical (unpaired) electrons. The molecule has 0 spiro atoms. The molecule has 0 aliphatic heterocycles. The standard InChI is InChI=1S/C6H9BO6.C5H5ClN2.C2HF3O2.Na/c1-4(8)11-7(12-5(2)9)13-6(3)10;6-5-4(7)2-1-3-8-5;3-2(4,5)1(6)7;/h1-3H3;1-3H,7H2;(H,6,7);/q-1;;;+1. The summed E-state index contributed by atoms with van der Waals surface area (Å²) in [4.78, 5) is 43.9. The Balaban J connectivity index is -0.000000365. The summed E-state index contributed by atoms with van der Waals surface area (Å²) in [5.74, 6) is -4.90. The maximum Gasteiger partial charge on any atom is 1.00 e. The van der Waals surface area contributed by atoms with Crippen molar-refractivity contribution in [2.45, 2.75) is 26.9 Å². The molecule has 0 saturated heterocycles. The van der Waals surface area contributed by atoms with Gasteiger partial charge in [-0.05, 0) is 12.1 Å². The summed E-state index contributed by atoms with van der Waals surface area (Å²) >= 11 is 5.47. The molecule has 1 aromatic heterocycles. The summed E-state index contributed by atoms with van der Waals surface area (Å²) in [6.07, 6.45) is -3.49. The minimum Gasteiger partial charge on any atom is -0.642 e. The van der Waals surface area contributed by atoms with Gasteiger partial charge in [-0.25, -0.2) is 9.78 Å². The molecule has 0 amide bonds. The van der Waals surface area contributed by atoms with E-state index in [2.05, 4.69) is 18.9 Å². The number of nitrogen functional groups attached to an aromatic ring is 1. The Kier molecular flexibility index (Phi) is 17.3. The van der Waals surface area contributed by atoms with Crippen molar-refractivity contribution in [3.63, 3.8) is 0 Å². The number of anilines is 1. The number of aliphatic carboxylic acids is 1. The van der Waals surface area contributed by atoms with E-state index in [4.69, 9.17) is 27.2 Å². The van der Waals surface area contributed by atoms with Gasteiger partial charge in [-0.15, -0.1) is 0 Å². The van der Waals surface area contributed by atoms with Gasteiger partial charge in [-0.1, -0.05) is 11.6 Å². The minimum atomic E-state index is -5.08.